The van der Waals surface area contributed by atoms with E-state index in [1.165, 1.54) is 5.56 Å². The number of nitrogens with zero attached hydrogens (tertiary/aromatic N) is 3. The van der Waals surface area contributed by atoms with Gasteiger partial charge in [-0.25, -0.2) is 9.97 Å². The molecule has 0 spiro atoms. The lowest BCUT2D eigenvalue weighted by molar-refractivity contribution is -0.117. The quantitative estimate of drug-likeness (QED) is 0.137. The Kier molecular flexibility index (Phi) is 9.83. The zero-order valence-electron chi connectivity index (χ0n) is 18.6. The van der Waals surface area contributed by atoms with Crippen LogP contribution in [0.2, 0.25) is 0 Å². The molecule has 0 fully saturated rings. The zero-order chi connectivity index (χ0) is 24.2. The molecule has 0 aliphatic rings. The normalized spacial score (nSPS) is 11.2. The second-order valence-corrected chi connectivity index (χ2v) is 7.24. The fourth-order valence-electron chi connectivity index (χ4n) is 2.77. The summed E-state index contributed by atoms with van der Waals surface area (Å²) in [6, 6.07) is 7.82. The Labute approximate surface area is 192 Å². The fourth-order valence-corrected chi connectivity index (χ4v) is 2.77. The highest BCUT2D eigenvalue weighted by atomic mass is 16.5. The van der Waals surface area contributed by atoms with Gasteiger partial charge in [-0.05, 0) is 43.9 Å². The maximum Gasteiger partial charge on any atom is 0.280 e. The van der Waals surface area contributed by atoms with Crippen molar-refractivity contribution in [3.8, 4) is 5.75 Å². The molecule has 1 heterocycles. The van der Waals surface area contributed by atoms with Crippen LogP contribution < -0.4 is 38.3 Å². The van der Waals surface area contributed by atoms with E-state index in [4.69, 9.17) is 27.7 Å². The van der Waals surface area contributed by atoms with Crippen LogP contribution in [-0.2, 0) is 11.2 Å². The number of aryl methyl sites for hydroxylation is 2. The Bertz CT molecular complexity index is 978. The van der Waals surface area contributed by atoms with Gasteiger partial charge in [0.25, 0.3) is 5.91 Å². The van der Waals surface area contributed by atoms with Crippen molar-refractivity contribution in [2.24, 2.45) is 16.5 Å². The van der Waals surface area contributed by atoms with Gasteiger partial charge >= 0.3 is 0 Å². The zero-order valence-corrected chi connectivity index (χ0v) is 18.6. The first-order valence-corrected chi connectivity index (χ1v) is 10.5. The van der Waals surface area contributed by atoms with Crippen molar-refractivity contribution < 1.29 is 14.3 Å². The summed E-state index contributed by atoms with van der Waals surface area (Å²) in [5, 5.41) is 5.33. The fraction of sp³-hybridized carbons (Fsp3) is 0.381. The Morgan fingerprint density at radius 3 is 2.48 bits per heavy atom. The summed E-state index contributed by atoms with van der Waals surface area (Å²) in [7, 11) is 0. The van der Waals surface area contributed by atoms with E-state index in [9.17, 15) is 9.59 Å². The van der Waals surface area contributed by atoms with Crippen LogP contribution in [0.5, 0.6) is 5.75 Å². The molecule has 2 amide bonds. The number of unbranched alkanes of at least 4 members (excludes halogenated alkanes) is 1. The highest BCUT2D eigenvalue weighted by Crippen LogP contribution is 2.14. The third kappa shape index (κ3) is 8.99. The average molecular weight is 458 g/mol. The molecule has 0 radical (unpaired) electrons. The maximum atomic E-state index is 12.2. The molecule has 0 saturated carbocycles. The Balaban J connectivity index is 1.67. The largest absolute Gasteiger partial charge is 0.492 e. The second-order valence-electron chi connectivity index (χ2n) is 7.24. The van der Waals surface area contributed by atoms with Crippen LogP contribution >= 0.6 is 0 Å². The molecule has 10 N–H and O–H groups in total. The van der Waals surface area contributed by atoms with Crippen LogP contribution in [0, 0.1) is 6.92 Å². The first kappa shape index (κ1) is 25.3. The first-order chi connectivity index (χ1) is 15.8. The first-order valence-electron chi connectivity index (χ1n) is 10.5. The minimum atomic E-state index is -0.588. The SMILES string of the molecule is Cc1nc(C(=O)NC(N)=NCCCCc2ccc(OCCNCC(N)=O)cc2)c(N)nc1N. The van der Waals surface area contributed by atoms with E-state index in [0.717, 1.165) is 25.0 Å². The number of aromatic nitrogens is 2. The summed E-state index contributed by atoms with van der Waals surface area (Å²) in [5.41, 5.74) is 23.7. The van der Waals surface area contributed by atoms with E-state index < -0.39 is 11.8 Å². The third-order valence-corrected chi connectivity index (χ3v) is 4.52. The second kappa shape index (κ2) is 12.8. The van der Waals surface area contributed by atoms with E-state index in [0.29, 0.717) is 25.4 Å². The van der Waals surface area contributed by atoms with Gasteiger partial charge in [0.05, 0.1) is 12.2 Å². The summed E-state index contributed by atoms with van der Waals surface area (Å²) >= 11 is 0. The topological polar surface area (TPSA) is 210 Å². The smallest absolute Gasteiger partial charge is 0.280 e. The van der Waals surface area contributed by atoms with Crippen LogP contribution in [-0.4, -0.2) is 54.0 Å². The Morgan fingerprint density at radius 2 is 1.79 bits per heavy atom. The molecule has 0 saturated heterocycles. The third-order valence-electron chi connectivity index (χ3n) is 4.52. The molecule has 1 aromatic carbocycles. The summed E-state index contributed by atoms with van der Waals surface area (Å²) in [5.74, 6) is -0.139. The van der Waals surface area contributed by atoms with Crippen LogP contribution in [0.1, 0.15) is 34.6 Å². The van der Waals surface area contributed by atoms with Gasteiger partial charge in [0.2, 0.25) is 5.91 Å². The predicted octanol–water partition coefficient (Wildman–Crippen LogP) is -0.529. The minimum absolute atomic E-state index is 0.0116. The molecule has 0 atom stereocenters. The number of guanidine groups is 1. The molecule has 0 bridgehead atoms. The van der Waals surface area contributed by atoms with E-state index in [1.807, 2.05) is 24.3 Å². The number of amides is 2. The van der Waals surface area contributed by atoms with Gasteiger partial charge in [0.1, 0.15) is 18.2 Å². The summed E-state index contributed by atoms with van der Waals surface area (Å²) in [6.07, 6.45) is 2.57. The molecule has 0 aliphatic heterocycles. The van der Waals surface area contributed by atoms with Crippen LogP contribution in [0.15, 0.2) is 29.3 Å². The lowest BCUT2D eigenvalue weighted by Gasteiger charge is -2.08. The standard InChI is InChI=1S/C21H31N9O3/c1-13-18(23)29-19(24)17(28-13)20(32)30-21(25)27-9-3-2-4-14-5-7-15(8-6-14)33-11-10-26-12-16(22)31/h5-8,26H,2-4,9-12H2,1H3,(H2,22,31)(H4,23,24,29)(H3,25,27,30,32). The molecule has 0 unspecified atom stereocenters. The number of aliphatic imine (C=N–C) groups is 1. The molecule has 12 nitrogen and oxygen atoms in total. The van der Waals surface area contributed by atoms with E-state index >= 15 is 0 Å². The molecule has 1 aromatic heterocycles. The molecule has 178 valence electrons. The van der Waals surface area contributed by atoms with Gasteiger partial charge in [0.15, 0.2) is 17.5 Å². The van der Waals surface area contributed by atoms with Gasteiger partial charge in [0, 0.05) is 13.1 Å². The molecule has 2 aromatic rings. The van der Waals surface area contributed by atoms with Crippen molar-refractivity contribution in [2.45, 2.75) is 26.2 Å². The van der Waals surface area contributed by atoms with E-state index in [1.54, 1.807) is 6.92 Å². The highest BCUT2D eigenvalue weighted by molar-refractivity contribution is 6.06. The number of nitrogen functional groups attached to an aromatic ring is 2. The number of benzene rings is 1. The van der Waals surface area contributed by atoms with Crippen molar-refractivity contribution in [3.63, 3.8) is 0 Å². The summed E-state index contributed by atoms with van der Waals surface area (Å²) < 4.78 is 5.59. The molecule has 33 heavy (non-hydrogen) atoms. The van der Waals surface area contributed by atoms with Crippen LogP contribution in [0.4, 0.5) is 11.6 Å². The lowest BCUT2D eigenvalue weighted by Crippen LogP contribution is -2.38. The van der Waals surface area contributed by atoms with Gasteiger partial charge in [-0.15, -0.1) is 0 Å². The van der Waals surface area contributed by atoms with Gasteiger partial charge in [-0.2, -0.15) is 0 Å². The number of rotatable bonds is 12. The van der Waals surface area contributed by atoms with E-state index in [2.05, 4.69) is 25.6 Å². The molecule has 12 heteroatoms. The number of primary amides is 1. The van der Waals surface area contributed by atoms with E-state index in [-0.39, 0.29) is 29.8 Å². The number of carbonyl (C=O) groups is 2. The van der Waals surface area contributed by atoms with Crippen molar-refractivity contribution >= 4 is 29.4 Å². The molecule has 0 aliphatic carbocycles. The minimum Gasteiger partial charge on any atom is -0.492 e. The number of ether oxygens (including phenoxy) is 1. The van der Waals surface area contributed by atoms with Crippen LogP contribution in [0.25, 0.3) is 0 Å². The van der Waals surface area contributed by atoms with Crippen molar-refractivity contribution in [2.75, 3.05) is 37.7 Å². The summed E-state index contributed by atoms with van der Waals surface area (Å²) in [6.45, 7) is 3.21. The Hall–Kier alpha value is -3.93. The van der Waals surface area contributed by atoms with Crippen molar-refractivity contribution in [1.82, 2.24) is 20.6 Å². The molecular weight excluding hydrogens is 426 g/mol. The maximum absolute atomic E-state index is 12.2. The lowest BCUT2D eigenvalue weighted by atomic mass is 10.1. The molecular formula is C21H31N9O3. The van der Waals surface area contributed by atoms with Gasteiger partial charge in [-0.1, -0.05) is 12.1 Å². The number of carbonyl (C=O) groups excluding carboxylic acids is 2. The summed E-state index contributed by atoms with van der Waals surface area (Å²) in [4.78, 5) is 34.9. The highest BCUT2D eigenvalue weighted by Gasteiger charge is 2.15. The molecule has 2 rings (SSSR count). The Morgan fingerprint density at radius 1 is 1.06 bits per heavy atom. The number of anilines is 2. The van der Waals surface area contributed by atoms with Crippen LogP contribution in [0.3, 0.4) is 0 Å². The number of nitrogens with two attached hydrogens (primary N) is 4. The predicted molar refractivity (Wildman–Crippen MR) is 126 cm³/mol. The van der Waals surface area contributed by atoms with Gasteiger partial charge < -0.3 is 33.0 Å². The van der Waals surface area contributed by atoms with Gasteiger partial charge in [-0.3, -0.25) is 19.9 Å². The van der Waals surface area contributed by atoms with Crippen molar-refractivity contribution in [3.05, 3.63) is 41.2 Å². The van der Waals surface area contributed by atoms with Crippen molar-refractivity contribution in [1.29, 1.82) is 0 Å². The number of hydrogen-bond donors (Lipinski definition) is 6. The number of hydrogen-bond acceptors (Lipinski definition) is 9. The monoisotopic (exact) mass is 457 g/mol. The number of nitrogens with one attached hydrogen (secondary N) is 2. The average Bonchev–Trinajstić information content (AvgIpc) is 2.76.